The maximum absolute atomic E-state index is 13.1. The van der Waals surface area contributed by atoms with Gasteiger partial charge < -0.3 is 30.2 Å². The number of allylic oxidation sites excluding steroid dienone is 1. The van der Waals surface area contributed by atoms with Crippen molar-refractivity contribution in [3.63, 3.8) is 0 Å². The standard InChI is InChI=1S/C27H32N6O5/c1-32(2)23(34)11-4-3-8-20(30-27(37)38)25(35)29-21-10-6-14-33(26(21)36)16-22-28-19-9-5-7-18(24(19)31-22)15-17-12-13-17/h4-7,9-11,14,17,20,30H,3,8,12-13,15-16H2,1-2H3,(H,28,31)(H,29,35)(H,37,38)/b11-4+/t20-/m0/s1. The van der Waals surface area contributed by atoms with Gasteiger partial charge in [0.15, 0.2) is 0 Å². The number of likely N-dealkylation sites (N-methyl/N-ethyl adjacent to an activating group) is 1. The van der Waals surface area contributed by atoms with E-state index in [0.717, 1.165) is 23.4 Å². The minimum Gasteiger partial charge on any atom is -0.465 e. The number of anilines is 1. The minimum absolute atomic E-state index is 0.0264. The molecule has 1 saturated carbocycles. The number of hydrogen-bond acceptors (Lipinski definition) is 5. The van der Waals surface area contributed by atoms with E-state index in [0.29, 0.717) is 5.82 Å². The van der Waals surface area contributed by atoms with Gasteiger partial charge >= 0.3 is 6.09 Å². The van der Waals surface area contributed by atoms with Crippen LogP contribution in [-0.2, 0) is 22.6 Å². The Bertz CT molecular complexity index is 1420. The third-order valence-corrected chi connectivity index (χ3v) is 6.39. The van der Waals surface area contributed by atoms with Gasteiger partial charge in [-0.3, -0.25) is 14.4 Å². The molecule has 0 unspecified atom stereocenters. The summed E-state index contributed by atoms with van der Waals surface area (Å²) in [5, 5.41) is 13.9. The molecule has 2 aromatic heterocycles. The Balaban J connectivity index is 1.45. The zero-order valence-electron chi connectivity index (χ0n) is 21.4. The largest absolute Gasteiger partial charge is 0.465 e. The summed E-state index contributed by atoms with van der Waals surface area (Å²) in [6.07, 6.45) is 7.06. The summed E-state index contributed by atoms with van der Waals surface area (Å²) >= 11 is 0. The number of amides is 3. The van der Waals surface area contributed by atoms with Crippen molar-refractivity contribution in [2.24, 2.45) is 5.92 Å². The van der Waals surface area contributed by atoms with Gasteiger partial charge in [0.2, 0.25) is 11.8 Å². The lowest BCUT2D eigenvalue weighted by Crippen LogP contribution is -2.44. The number of carbonyl (C=O) groups excluding carboxylic acids is 2. The zero-order valence-corrected chi connectivity index (χ0v) is 21.4. The lowest BCUT2D eigenvalue weighted by atomic mass is 10.1. The normalized spacial score (nSPS) is 13.9. The van der Waals surface area contributed by atoms with Crippen LogP contribution in [0.2, 0.25) is 0 Å². The first-order chi connectivity index (χ1) is 18.2. The third kappa shape index (κ3) is 6.87. The monoisotopic (exact) mass is 520 g/mol. The van der Waals surface area contributed by atoms with E-state index in [9.17, 15) is 19.2 Å². The van der Waals surface area contributed by atoms with Crippen molar-refractivity contribution >= 4 is 34.6 Å². The average Bonchev–Trinajstić information content (AvgIpc) is 3.59. The van der Waals surface area contributed by atoms with Crippen LogP contribution in [0.5, 0.6) is 0 Å². The number of imidazole rings is 1. The molecule has 4 rings (SSSR count). The van der Waals surface area contributed by atoms with Crippen molar-refractivity contribution in [1.29, 1.82) is 0 Å². The van der Waals surface area contributed by atoms with Crippen molar-refractivity contribution in [2.45, 2.75) is 44.7 Å². The molecule has 0 saturated heterocycles. The maximum Gasteiger partial charge on any atom is 0.405 e. The maximum atomic E-state index is 13.1. The summed E-state index contributed by atoms with van der Waals surface area (Å²) in [6, 6.07) is 8.04. The molecule has 200 valence electrons. The fourth-order valence-corrected chi connectivity index (χ4v) is 4.17. The second-order valence-electron chi connectivity index (χ2n) is 9.70. The molecule has 1 aliphatic carbocycles. The lowest BCUT2D eigenvalue weighted by molar-refractivity contribution is -0.123. The number of nitrogens with zero attached hydrogens (tertiary/aromatic N) is 3. The van der Waals surface area contributed by atoms with Crippen LogP contribution in [-0.4, -0.2) is 62.6 Å². The zero-order chi connectivity index (χ0) is 27.2. The Kier molecular flexibility index (Phi) is 8.25. The number of aromatic nitrogens is 3. The Morgan fingerprint density at radius 3 is 2.74 bits per heavy atom. The second-order valence-corrected chi connectivity index (χ2v) is 9.70. The second kappa shape index (κ2) is 11.8. The van der Waals surface area contributed by atoms with Gasteiger partial charge in [-0.2, -0.15) is 0 Å². The predicted octanol–water partition coefficient (Wildman–Crippen LogP) is 2.72. The number of pyridine rings is 1. The minimum atomic E-state index is -1.37. The highest BCUT2D eigenvalue weighted by molar-refractivity contribution is 5.96. The number of carboxylic acid groups (broad SMARTS) is 1. The average molecular weight is 521 g/mol. The summed E-state index contributed by atoms with van der Waals surface area (Å²) in [5.74, 6) is 0.464. The van der Waals surface area contributed by atoms with Gasteiger partial charge in [-0.25, -0.2) is 9.78 Å². The Morgan fingerprint density at radius 2 is 2.03 bits per heavy atom. The first-order valence-electron chi connectivity index (χ1n) is 12.6. The highest BCUT2D eigenvalue weighted by atomic mass is 16.4. The predicted molar refractivity (Wildman–Crippen MR) is 143 cm³/mol. The van der Waals surface area contributed by atoms with Crippen LogP contribution >= 0.6 is 0 Å². The number of carbonyl (C=O) groups is 3. The van der Waals surface area contributed by atoms with E-state index in [1.165, 1.54) is 40.0 Å². The molecule has 1 atom stereocenters. The van der Waals surface area contributed by atoms with Crippen molar-refractivity contribution in [1.82, 2.24) is 24.8 Å². The summed E-state index contributed by atoms with van der Waals surface area (Å²) < 4.78 is 1.43. The molecular formula is C27H32N6O5. The van der Waals surface area contributed by atoms with Gasteiger partial charge in [-0.1, -0.05) is 18.2 Å². The van der Waals surface area contributed by atoms with Crippen LogP contribution in [0.4, 0.5) is 10.5 Å². The number of rotatable bonds is 11. The van der Waals surface area contributed by atoms with Gasteiger partial charge in [0.25, 0.3) is 5.56 Å². The Morgan fingerprint density at radius 1 is 1.24 bits per heavy atom. The van der Waals surface area contributed by atoms with Crippen LogP contribution in [0.1, 0.15) is 37.1 Å². The number of benzene rings is 1. The molecule has 1 aromatic carbocycles. The van der Waals surface area contributed by atoms with E-state index in [1.807, 2.05) is 12.1 Å². The van der Waals surface area contributed by atoms with E-state index in [-0.39, 0.29) is 31.0 Å². The number of nitrogens with one attached hydrogen (secondary N) is 3. The molecule has 11 heteroatoms. The highest BCUT2D eigenvalue weighted by Crippen LogP contribution is 2.34. The van der Waals surface area contributed by atoms with Crippen molar-refractivity contribution in [3.8, 4) is 0 Å². The quantitative estimate of drug-likeness (QED) is 0.286. The summed E-state index contributed by atoms with van der Waals surface area (Å²) in [5.41, 5.74) is 2.61. The molecule has 0 aliphatic heterocycles. The van der Waals surface area contributed by atoms with Crippen LogP contribution in [0, 0.1) is 5.92 Å². The molecule has 3 aromatic rings. The molecule has 0 bridgehead atoms. The number of para-hydroxylation sites is 1. The molecule has 1 fully saturated rings. The third-order valence-electron chi connectivity index (χ3n) is 6.39. The fourth-order valence-electron chi connectivity index (χ4n) is 4.17. The van der Waals surface area contributed by atoms with Crippen molar-refractivity contribution < 1.29 is 19.5 Å². The Hall–Kier alpha value is -4.41. The highest BCUT2D eigenvalue weighted by Gasteiger charge is 2.23. The molecule has 4 N–H and O–H groups in total. The van der Waals surface area contributed by atoms with E-state index in [4.69, 9.17) is 10.1 Å². The van der Waals surface area contributed by atoms with Crippen LogP contribution in [0.3, 0.4) is 0 Å². The topological polar surface area (TPSA) is 149 Å². The van der Waals surface area contributed by atoms with Crippen molar-refractivity contribution in [3.05, 3.63) is 70.4 Å². The fraction of sp³-hybridized carbons (Fsp3) is 0.370. The van der Waals surface area contributed by atoms with E-state index >= 15 is 0 Å². The molecule has 0 radical (unpaired) electrons. The SMILES string of the molecule is CN(C)C(=O)/C=C/CC[C@H](NC(=O)O)C(=O)Nc1cccn(Cc2nc3c(CC4CC4)cccc3[nH]2)c1=O. The summed E-state index contributed by atoms with van der Waals surface area (Å²) in [4.78, 5) is 58.3. The van der Waals surface area contributed by atoms with Crippen LogP contribution < -0.4 is 16.2 Å². The molecular weight excluding hydrogens is 488 g/mol. The number of fused-ring (bicyclic) bond motifs is 1. The molecule has 11 nitrogen and oxygen atoms in total. The first kappa shape index (κ1) is 26.6. The van der Waals surface area contributed by atoms with E-state index in [2.05, 4.69) is 21.7 Å². The lowest BCUT2D eigenvalue weighted by Gasteiger charge is -2.16. The van der Waals surface area contributed by atoms with Gasteiger partial charge in [0.05, 0.1) is 17.6 Å². The summed E-state index contributed by atoms with van der Waals surface area (Å²) in [6.45, 7) is 0.182. The molecule has 0 spiro atoms. The molecule has 2 heterocycles. The number of hydrogen-bond donors (Lipinski definition) is 4. The smallest absolute Gasteiger partial charge is 0.405 e. The molecule has 1 aliphatic rings. The van der Waals surface area contributed by atoms with Crippen LogP contribution in [0.15, 0.2) is 53.5 Å². The van der Waals surface area contributed by atoms with Crippen molar-refractivity contribution in [2.75, 3.05) is 19.4 Å². The number of H-pyrrole nitrogens is 1. The number of aromatic amines is 1. The van der Waals surface area contributed by atoms with Gasteiger partial charge in [0, 0.05) is 20.3 Å². The van der Waals surface area contributed by atoms with Crippen LogP contribution in [0.25, 0.3) is 11.0 Å². The van der Waals surface area contributed by atoms with Gasteiger partial charge in [-0.15, -0.1) is 0 Å². The Labute approximate surface area is 219 Å². The first-order valence-corrected chi connectivity index (χ1v) is 12.6. The molecule has 3 amide bonds. The summed E-state index contributed by atoms with van der Waals surface area (Å²) in [7, 11) is 3.23. The van der Waals surface area contributed by atoms with Gasteiger partial charge in [-0.05, 0) is 67.9 Å². The van der Waals surface area contributed by atoms with E-state index in [1.54, 1.807) is 32.4 Å². The van der Waals surface area contributed by atoms with E-state index < -0.39 is 23.6 Å². The van der Waals surface area contributed by atoms with Gasteiger partial charge in [0.1, 0.15) is 17.6 Å². The molecule has 38 heavy (non-hydrogen) atoms.